The first-order valence-electron chi connectivity index (χ1n) is 9.36. The van der Waals surface area contributed by atoms with Crippen LogP contribution in [0.2, 0.25) is 0 Å². The van der Waals surface area contributed by atoms with Crippen LogP contribution in [0.25, 0.3) is 0 Å². The summed E-state index contributed by atoms with van der Waals surface area (Å²) < 4.78 is 10.7. The smallest absolute Gasteiger partial charge is 0.160 e. The van der Waals surface area contributed by atoms with Crippen molar-refractivity contribution in [1.29, 1.82) is 0 Å². The van der Waals surface area contributed by atoms with Crippen LogP contribution < -0.4 is 9.47 Å². The molecule has 1 atom stereocenters. The normalized spacial score (nSPS) is 22.4. The molecular weight excluding hydrogens is 300 g/mol. The van der Waals surface area contributed by atoms with Crippen LogP contribution >= 0.6 is 0 Å². The first kappa shape index (κ1) is 17.6. The summed E-state index contributed by atoms with van der Waals surface area (Å²) in [6, 6.07) is 7.85. The van der Waals surface area contributed by atoms with Crippen molar-refractivity contribution in [3.8, 4) is 11.5 Å². The molecule has 3 rings (SSSR count). The SMILES string of the molecule is COc1ccc(CCN(C)C2CCCN(C3CCC3)C2)cc1OC. The minimum absolute atomic E-state index is 0.708. The average molecular weight is 332 g/mol. The zero-order chi connectivity index (χ0) is 16.9. The Bertz CT molecular complexity index is 530. The molecule has 4 nitrogen and oxygen atoms in total. The quantitative estimate of drug-likeness (QED) is 0.765. The van der Waals surface area contributed by atoms with E-state index in [1.54, 1.807) is 14.2 Å². The number of benzene rings is 1. The van der Waals surface area contributed by atoms with Crippen LogP contribution in [0.5, 0.6) is 11.5 Å². The van der Waals surface area contributed by atoms with Gasteiger partial charge < -0.3 is 14.4 Å². The lowest BCUT2D eigenvalue weighted by Gasteiger charge is -2.44. The van der Waals surface area contributed by atoms with Crippen molar-refractivity contribution in [2.75, 3.05) is 40.9 Å². The third-order valence-electron chi connectivity index (χ3n) is 5.84. The van der Waals surface area contributed by atoms with E-state index in [1.165, 1.54) is 50.8 Å². The van der Waals surface area contributed by atoms with Gasteiger partial charge in [-0.25, -0.2) is 0 Å². The number of piperidine rings is 1. The Kier molecular flexibility index (Phi) is 6.01. The number of ether oxygens (including phenoxy) is 2. The van der Waals surface area contributed by atoms with Crippen LogP contribution in [0.3, 0.4) is 0 Å². The predicted octanol–water partition coefficient (Wildman–Crippen LogP) is 3.20. The molecule has 0 bridgehead atoms. The third-order valence-corrected chi connectivity index (χ3v) is 5.84. The number of nitrogens with zero attached hydrogens (tertiary/aromatic N) is 2. The second kappa shape index (κ2) is 8.21. The van der Waals surface area contributed by atoms with Gasteiger partial charge in [0.05, 0.1) is 14.2 Å². The average Bonchev–Trinajstić information content (AvgIpc) is 2.58. The van der Waals surface area contributed by atoms with Crippen LogP contribution in [-0.4, -0.2) is 62.8 Å². The highest BCUT2D eigenvalue weighted by Gasteiger charge is 2.30. The Morgan fingerprint density at radius 2 is 1.88 bits per heavy atom. The zero-order valence-corrected chi connectivity index (χ0v) is 15.5. The maximum atomic E-state index is 5.41. The summed E-state index contributed by atoms with van der Waals surface area (Å²) in [6.45, 7) is 3.66. The Balaban J connectivity index is 1.52. The summed E-state index contributed by atoms with van der Waals surface area (Å²) in [5.41, 5.74) is 1.31. The molecular formula is C20H32N2O2. The van der Waals surface area contributed by atoms with E-state index < -0.39 is 0 Å². The van der Waals surface area contributed by atoms with Gasteiger partial charge in [-0.2, -0.15) is 0 Å². The molecule has 0 amide bonds. The number of likely N-dealkylation sites (N-methyl/N-ethyl adjacent to an activating group) is 1. The monoisotopic (exact) mass is 332 g/mol. The van der Waals surface area contributed by atoms with Crippen molar-refractivity contribution in [2.45, 2.75) is 50.6 Å². The molecule has 2 aliphatic rings. The van der Waals surface area contributed by atoms with E-state index >= 15 is 0 Å². The molecule has 1 saturated heterocycles. The molecule has 4 heteroatoms. The predicted molar refractivity (Wildman–Crippen MR) is 98.1 cm³/mol. The molecule has 1 unspecified atom stereocenters. The standard InChI is InChI=1S/C20H32N2O2/c1-21(18-8-5-12-22(15-18)17-6-4-7-17)13-11-16-9-10-19(23-2)20(14-16)24-3/h9-10,14,17-18H,4-8,11-13,15H2,1-3H3. The third kappa shape index (κ3) is 4.04. The Morgan fingerprint density at radius 3 is 2.54 bits per heavy atom. The molecule has 1 heterocycles. The van der Waals surface area contributed by atoms with Crippen molar-refractivity contribution in [1.82, 2.24) is 9.80 Å². The van der Waals surface area contributed by atoms with Crippen LogP contribution in [0.15, 0.2) is 18.2 Å². The fourth-order valence-electron chi connectivity index (χ4n) is 3.95. The Labute approximate surface area is 146 Å². The minimum atomic E-state index is 0.708. The Morgan fingerprint density at radius 1 is 1.08 bits per heavy atom. The molecule has 0 radical (unpaired) electrons. The van der Waals surface area contributed by atoms with Crippen molar-refractivity contribution < 1.29 is 9.47 Å². The molecule has 0 aromatic heterocycles. The van der Waals surface area contributed by atoms with E-state index in [4.69, 9.17) is 9.47 Å². The zero-order valence-electron chi connectivity index (χ0n) is 15.5. The molecule has 0 N–H and O–H groups in total. The van der Waals surface area contributed by atoms with Crippen LogP contribution in [0, 0.1) is 0 Å². The minimum Gasteiger partial charge on any atom is -0.493 e. The fourth-order valence-corrected chi connectivity index (χ4v) is 3.95. The molecule has 0 spiro atoms. The lowest BCUT2D eigenvalue weighted by Crippen LogP contribution is -2.52. The van der Waals surface area contributed by atoms with E-state index in [9.17, 15) is 0 Å². The van der Waals surface area contributed by atoms with Gasteiger partial charge >= 0.3 is 0 Å². The summed E-state index contributed by atoms with van der Waals surface area (Å²) in [6.07, 6.45) is 8.01. The van der Waals surface area contributed by atoms with Crippen molar-refractivity contribution in [3.05, 3.63) is 23.8 Å². The van der Waals surface area contributed by atoms with Crippen molar-refractivity contribution in [2.24, 2.45) is 0 Å². The number of hydrogen-bond acceptors (Lipinski definition) is 4. The van der Waals surface area contributed by atoms with E-state index in [2.05, 4.69) is 29.0 Å². The summed E-state index contributed by atoms with van der Waals surface area (Å²) in [7, 11) is 5.67. The molecule has 1 aromatic rings. The van der Waals surface area contributed by atoms with Gasteiger partial charge in [0.25, 0.3) is 0 Å². The molecule has 1 aliphatic heterocycles. The second-order valence-electron chi connectivity index (χ2n) is 7.30. The highest BCUT2D eigenvalue weighted by molar-refractivity contribution is 5.42. The van der Waals surface area contributed by atoms with Crippen molar-refractivity contribution >= 4 is 0 Å². The van der Waals surface area contributed by atoms with Gasteiger partial charge in [-0.3, -0.25) is 4.90 Å². The van der Waals surface area contributed by atoms with E-state index in [1.807, 2.05) is 6.07 Å². The van der Waals surface area contributed by atoms with E-state index in [-0.39, 0.29) is 0 Å². The first-order chi connectivity index (χ1) is 11.7. The van der Waals surface area contributed by atoms with E-state index in [0.29, 0.717) is 6.04 Å². The number of rotatable bonds is 7. The van der Waals surface area contributed by atoms with Gasteiger partial charge in [-0.05, 0) is 63.4 Å². The number of methoxy groups -OCH3 is 2. The van der Waals surface area contributed by atoms with Gasteiger partial charge in [-0.15, -0.1) is 0 Å². The largest absolute Gasteiger partial charge is 0.493 e. The highest BCUT2D eigenvalue weighted by atomic mass is 16.5. The summed E-state index contributed by atoms with van der Waals surface area (Å²) in [5, 5.41) is 0. The lowest BCUT2D eigenvalue weighted by atomic mass is 9.89. The molecule has 1 aromatic carbocycles. The molecule has 134 valence electrons. The number of hydrogen-bond donors (Lipinski definition) is 0. The summed E-state index contributed by atoms with van der Waals surface area (Å²) >= 11 is 0. The van der Waals surface area contributed by atoms with Crippen LogP contribution in [0.1, 0.15) is 37.7 Å². The lowest BCUT2D eigenvalue weighted by molar-refractivity contribution is 0.0537. The summed E-state index contributed by atoms with van der Waals surface area (Å²) in [4.78, 5) is 5.30. The van der Waals surface area contributed by atoms with Crippen LogP contribution in [-0.2, 0) is 6.42 Å². The second-order valence-corrected chi connectivity index (χ2v) is 7.30. The van der Waals surface area contributed by atoms with Gasteiger partial charge in [0.2, 0.25) is 0 Å². The van der Waals surface area contributed by atoms with Gasteiger partial charge in [-0.1, -0.05) is 12.5 Å². The van der Waals surface area contributed by atoms with E-state index in [0.717, 1.165) is 30.5 Å². The fraction of sp³-hybridized carbons (Fsp3) is 0.700. The van der Waals surface area contributed by atoms with Gasteiger partial charge in [0.15, 0.2) is 11.5 Å². The topological polar surface area (TPSA) is 24.9 Å². The van der Waals surface area contributed by atoms with Gasteiger partial charge in [0, 0.05) is 25.2 Å². The Hall–Kier alpha value is -1.26. The highest BCUT2D eigenvalue weighted by Crippen LogP contribution is 2.29. The molecule has 1 aliphatic carbocycles. The summed E-state index contributed by atoms with van der Waals surface area (Å²) in [5.74, 6) is 1.63. The maximum absolute atomic E-state index is 5.41. The molecule has 1 saturated carbocycles. The van der Waals surface area contributed by atoms with Crippen molar-refractivity contribution in [3.63, 3.8) is 0 Å². The van der Waals surface area contributed by atoms with Gasteiger partial charge in [0.1, 0.15) is 0 Å². The van der Waals surface area contributed by atoms with Crippen LogP contribution in [0.4, 0.5) is 0 Å². The number of likely N-dealkylation sites (tertiary alicyclic amines) is 1. The molecule has 2 fully saturated rings. The maximum Gasteiger partial charge on any atom is 0.160 e. The molecule has 24 heavy (non-hydrogen) atoms. The first-order valence-corrected chi connectivity index (χ1v) is 9.36.